The predicted molar refractivity (Wildman–Crippen MR) is 147 cm³/mol. The van der Waals surface area contributed by atoms with Gasteiger partial charge in [-0.3, -0.25) is 0 Å². The molecule has 0 heterocycles. The molecule has 0 amide bonds. The van der Waals surface area contributed by atoms with Gasteiger partial charge in [0, 0.05) is 5.41 Å². The summed E-state index contributed by atoms with van der Waals surface area (Å²) in [5, 5.41) is 17.3. The molecule has 4 rings (SSSR count). The topological polar surface area (TPSA) is 58.7 Å². The molecule has 1 aliphatic rings. The van der Waals surface area contributed by atoms with E-state index < -0.39 is 0 Å². The molecule has 3 aromatic rings. The Balaban J connectivity index is 1.42. The minimum Gasteiger partial charge on any atom is -0.461 e. The summed E-state index contributed by atoms with van der Waals surface area (Å²) in [6.07, 6.45) is 2.17. The molecule has 0 aliphatic heterocycles. The van der Waals surface area contributed by atoms with Crippen LogP contribution in [0.1, 0.15) is 53.0 Å². The Bertz CT molecular complexity index is 1290. The van der Waals surface area contributed by atoms with Crippen LogP contribution < -0.4 is 4.74 Å². The SMILES string of the molecule is C=C(Oc1ccc(N=Nc2ccc(N=Nc3ccccc3)cc2)cc1C)C1(C(C)(C)CC)CC1(C)C. The second-order valence-corrected chi connectivity index (χ2v) is 10.9. The first-order valence-electron chi connectivity index (χ1n) is 12.5. The number of nitrogens with zero attached hydrogens (tertiary/aromatic N) is 4. The number of hydrogen-bond acceptors (Lipinski definition) is 5. The zero-order chi connectivity index (χ0) is 26.0. The van der Waals surface area contributed by atoms with Crippen LogP contribution >= 0.6 is 0 Å². The van der Waals surface area contributed by atoms with Gasteiger partial charge < -0.3 is 4.74 Å². The van der Waals surface area contributed by atoms with E-state index in [-0.39, 0.29) is 16.2 Å². The first-order valence-corrected chi connectivity index (χ1v) is 12.5. The lowest BCUT2D eigenvalue weighted by Gasteiger charge is -2.38. The Hall–Kier alpha value is -3.60. The van der Waals surface area contributed by atoms with Gasteiger partial charge in [0.2, 0.25) is 0 Å². The van der Waals surface area contributed by atoms with E-state index in [2.05, 4.69) is 61.7 Å². The summed E-state index contributed by atoms with van der Waals surface area (Å²) in [7, 11) is 0. The molecule has 1 fully saturated rings. The van der Waals surface area contributed by atoms with Gasteiger partial charge in [0.15, 0.2) is 0 Å². The van der Waals surface area contributed by atoms with Crippen LogP contribution in [0.15, 0.2) is 106 Å². The van der Waals surface area contributed by atoms with E-state index in [0.717, 1.165) is 52.7 Å². The number of rotatable bonds is 9. The second kappa shape index (κ2) is 9.81. The van der Waals surface area contributed by atoms with E-state index in [1.807, 2.05) is 79.7 Å². The number of benzene rings is 3. The van der Waals surface area contributed by atoms with Crippen molar-refractivity contribution in [2.24, 2.45) is 36.7 Å². The summed E-state index contributed by atoms with van der Waals surface area (Å²) in [4.78, 5) is 0. The number of allylic oxidation sites excluding steroid dienone is 1. The second-order valence-electron chi connectivity index (χ2n) is 10.9. The molecule has 1 saturated carbocycles. The average Bonchev–Trinajstić information content (AvgIpc) is 3.48. The standard InChI is InChI=1S/C31H36N4O/c1-8-29(4,5)31(21-30(31,6)7)23(3)36-28-19-18-27(20-22(28)2)35-34-26-16-14-25(15-17-26)33-32-24-12-10-9-11-13-24/h9-20H,3,8,21H2,1-2,4-7H3. The monoisotopic (exact) mass is 480 g/mol. The summed E-state index contributed by atoms with van der Waals surface area (Å²) >= 11 is 0. The van der Waals surface area contributed by atoms with E-state index >= 15 is 0 Å². The number of ether oxygens (including phenoxy) is 1. The Morgan fingerprint density at radius 2 is 1.31 bits per heavy atom. The highest BCUT2D eigenvalue weighted by Gasteiger charge is 2.70. The molecule has 5 heteroatoms. The maximum atomic E-state index is 6.40. The fourth-order valence-corrected chi connectivity index (χ4v) is 5.27. The van der Waals surface area contributed by atoms with Crippen molar-refractivity contribution in [3.05, 3.63) is 90.7 Å². The van der Waals surface area contributed by atoms with Crippen molar-refractivity contribution < 1.29 is 4.74 Å². The minimum atomic E-state index is -0.0214. The molecule has 3 aromatic carbocycles. The molecule has 0 bridgehead atoms. The summed E-state index contributed by atoms with van der Waals surface area (Å²) in [5.74, 6) is 1.68. The Kier molecular flexibility index (Phi) is 6.94. The quantitative estimate of drug-likeness (QED) is 0.222. The highest BCUT2D eigenvalue weighted by atomic mass is 16.5. The first-order chi connectivity index (χ1) is 17.1. The van der Waals surface area contributed by atoms with Crippen LogP contribution in [0.5, 0.6) is 5.75 Å². The van der Waals surface area contributed by atoms with Crippen molar-refractivity contribution in [3.8, 4) is 5.75 Å². The van der Waals surface area contributed by atoms with E-state index in [1.54, 1.807) is 0 Å². The van der Waals surface area contributed by atoms with Gasteiger partial charge in [0.05, 0.1) is 22.7 Å². The molecular formula is C31H36N4O. The predicted octanol–water partition coefficient (Wildman–Crippen LogP) is 10.6. The van der Waals surface area contributed by atoms with Crippen molar-refractivity contribution in [3.63, 3.8) is 0 Å². The minimum absolute atomic E-state index is 0.0214. The van der Waals surface area contributed by atoms with Crippen LogP contribution in [0.25, 0.3) is 0 Å². The van der Waals surface area contributed by atoms with Crippen molar-refractivity contribution in [2.45, 2.75) is 54.4 Å². The summed E-state index contributed by atoms with van der Waals surface area (Å²) in [5.41, 5.74) is 4.39. The van der Waals surface area contributed by atoms with Crippen LogP contribution in [0.4, 0.5) is 22.7 Å². The lowest BCUT2D eigenvalue weighted by molar-refractivity contribution is 0.126. The van der Waals surface area contributed by atoms with Gasteiger partial charge in [-0.1, -0.05) is 59.4 Å². The third-order valence-corrected chi connectivity index (χ3v) is 7.81. The number of aryl methyl sites for hydroxylation is 1. The van der Waals surface area contributed by atoms with Crippen LogP contribution in [-0.4, -0.2) is 0 Å². The van der Waals surface area contributed by atoms with Gasteiger partial charge >= 0.3 is 0 Å². The Labute approximate surface area is 215 Å². The molecule has 186 valence electrons. The third-order valence-electron chi connectivity index (χ3n) is 7.81. The van der Waals surface area contributed by atoms with Gasteiger partial charge in [-0.05, 0) is 90.8 Å². The Morgan fingerprint density at radius 3 is 1.78 bits per heavy atom. The molecule has 0 saturated heterocycles. The molecule has 0 aromatic heterocycles. The zero-order valence-electron chi connectivity index (χ0n) is 22.2. The summed E-state index contributed by atoms with van der Waals surface area (Å²) in [6, 6.07) is 23.0. The van der Waals surface area contributed by atoms with Gasteiger partial charge in [-0.2, -0.15) is 20.5 Å². The maximum Gasteiger partial charge on any atom is 0.129 e. The number of hydrogen-bond donors (Lipinski definition) is 0. The lowest BCUT2D eigenvalue weighted by atomic mass is 9.69. The normalized spacial score (nSPS) is 19.1. The largest absolute Gasteiger partial charge is 0.461 e. The van der Waals surface area contributed by atoms with Crippen LogP contribution in [-0.2, 0) is 0 Å². The first kappa shape index (κ1) is 25.5. The molecule has 1 unspecified atom stereocenters. The Morgan fingerprint density at radius 1 is 0.833 bits per heavy atom. The molecule has 0 radical (unpaired) electrons. The molecule has 0 spiro atoms. The van der Waals surface area contributed by atoms with Gasteiger partial charge in [-0.25, -0.2) is 0 Å². The molecule has 1 aliphatic carbocycles. The lowest BCUT2D eigenvalue weighted by Crippen LogP contribution is -2.32. The van der Waals surface area contributed by atoms with Crippen LogP contribution in [0.3, 0.4) is 0 Å². The van der Waals surface area contributed by atoms with E-state index in [4.69, 9.17) is 4.74 Å². The molecule has 36 heavy (non-hydrogen) atoms. The molecule has 0 N–H and O–H groups in total. The van der Waals surface area contributed by atoms with Crippen LogP contribution in [0.2, 0.25) is 0 Å². The van der Waals surface area contributed by atoms with E-state index in [0.29, 0.717) is 0 Å². The summed E-state index contributed by atoms with van der Waals surface area (Å²) < 4.78 is 6.40. The highest BCUT2D eigenvalue weighted by Crippen LogP contribution is 2.75. The fourth-order valence-electron chi connectivity index (χ4n) is 5.27. The molecular weight excluding hydrogens is 444 g/mol. The smallest absolute Gasteiger partial charge is 0.129 e. The highest BCUT2D eigenvalue weighted by molar-refractivity contribution is 5.50. The van der Waals surface area contributed by atoms with Crippen molar-refractivity contribution in [1.82, 2.24) is 0 Å². The molecule has 5 nitrogen and oxygen atoms in total. The number of azo groups is 2. The van der Waals surface area contributed by atoms with Crippen molar-refractivity contribution in [2.75, 3.05) is 0 Å². The fraction of sp³-hybridized carbons (Fsp3) is 0.355. The van der Waals surface area contributed by atoms with Gasteiger partial charge in [-0.15, -0.1) is 0 Å². The van der Waals surface area contributed by atoms with E-state index in [1.165, 1.54) is 0 Å². The van der Waals surface area contributed by atoms with Gasteiger partial charge in [0.1, 0.15) is 11.5 Å². The van der Waals surface area contributed by atoms with E-state index in [9.17, 15) is 0 Å². The maximum absolute atomic E-state index is 6.40. The summed E-state index contributed by atoms with van der Waals surface area (Å²) in [6.45, 7) is 17.9. The average molecular weight is 481 g/mol. The van der Waals surface area contributed by atoms with Crippen molar-refractivity contribution in [1.29, 1.82) is 0 Å². The zero-order valence-corrected chi connectivity index (χ0v) is 22.2. The third kappa shape index (κ3) is 5.01. The molecule has 1 atom stereocenters. The van der Waals surface area contributed by atoms with Crippen LogP contribution in [0, 0.1) is 23.2 Å². The van der Waals surface area contributed by atoms with Gasteiger partial charge in [0.25, 0.3) is 0 Å². The van der Waals surface area contributed by atoms with Crippen molar-refractivity contribution >= 4 is 22.7 Å².